The van der Waals surface area contributed by atoms with Gasteiger partial charge in [0, 0.05) is 25.2 Å². The van der Waals surface area contributed by atoms with Crippen LogP contribution in [0.4, 0.5) is 0 Å². The van der Waals surface area contributed by atoms with E-state index in [1.165, 1.54) is 0 Å². The fraction of sp³-hybridized carbons (Fsp3) is 0.700. The Morgan fingerprint density at radius 3 is 2.48 bits per heavy atom. The van der Waals surface area contributed by atoms with E-state index in [-0.39, 0.29) is 24.0 Å². The third-order valence-corrected chi connectivity index (χ3v) is 4.78. The summed E-state index contributed by atoms with van der Waals surface area (Å²) >= 11 is 0. The Hall–Kier alpha value is -1.46. The van der Waals surface area contributed by atoms with E-state index in [1.54, 1.807) is 12.2 Å². The summed E-state index contributed by atoms with van der Waals surface area (Å²) in [6.45, 7) is 2.09. The molecule has 1 aliphatic carbocycles. The smallest absolute Gasteiger partial charge is 0.303 e. The Labute approximate surface area is 150 Å². The molecule has 0 saturated heterocycles. The van der Waals surface area contributed by atoms with E-state index in [2.05, 4.69) is 6.92 Å². The van der Waals surface area contributed by atoms with Gasteiger partial charge in [0.05, 0.1) is 12.2 Å². The molecule has 1 saturated carbocycles. The van der Waals surface area contributed by atoms with E-state index in [4.69, 9.17) is 5.11 Å². The van der Waals surface area contributed by atoms with Crippen molar-refractivity contribution < 1.29 is 24.9 Å². The Morgan fingerprint density at radius 1 is 1.04 bits per heavy atom. The lowest BCUT2D eigenvalue weighted by Crippen LogP contribution is -2.20. The molecule has 25 heavy (non-hydrogen) atoms. The summed E-state index contributed by atoms with van der Waals surface area (Å²) in [5, 5.41) is 28.9. The molecule has 0 unspecified atom stereocenters. The lowest BCUT2D eigenvalue weighted by molar-refractivity contribution is -0.137. The van der Waals surface area contributed by atoms with Gasteiger partial charge in [-0.25, -0.2) is 0 Å². The van der Waals surface area contributed by atoms with Crippen molar-refractivity contribution >= 4 is 11.8 Å². The minimum atomic E-state index is -0.795. The van der Waals surface area contributed by atoms with Gasteiger partial charge >= 0.3 is 5.97 Å². The number of hydrogen-bond acceptors (Lipinski definition) is 4. The van der Waals surface area contributed by atoms with E-state index >= 15 is 0 Å². The second kappa shape index (κ2) is 12.0. The highest BCUT2D eigenvalue weighted by atomic mass is 16.4. The minimum absolute atomic E-state index is 0.0741. The number of unbranched alkanes of at least 4 members (excludes halogenated alkanes) is 3. The van der Waals surface area contributed by atoms with Gasteiger partial charge in [0.1, 0.15) is 0 Å². The second-order valence-corrected chi connectivity index (χ2v) is 6.89. The Kier molecular flexibility index (Phi) is 10.3. The number of aliphatic carboxylic acids is 1. The molecule has 0 bridgehead atoms. The standard InChI is InChI=1S/C20H32O5/c1-2-3-6-9-15(21)12-13-17-16(18(22)14-19(17)23)10-7-4-5-8-11-20(24)25/h4,7,12-13,16-19,22-23H,2-3,5-6,8-11,14H2,1H3,(H,24,25)/b7-4-,13-12-/t16-,17-,18-,19-/m1/s1. The van der Waals surface area contributed by atoms with Crippen LogP contribution in [0, 0.1) is 11.8 Å². The number of aliphatic hydroxyl groups excluding tert-OH is 2. The van der Waals surface area contributed by atoms with Gasteiger partial charge in [-0.1, -0.05) is 38.0 Å². The molecule has 3 N–H and O–H groups in total. The number of carbonyl (C=O) groups is 2. The van der Waals surface area contributed by atoms with Gasteiger partial charge in [0.25, 0.3) is 0 Å². The predicted octanol–water partition coefficient (Wildman–Crippen LogP) is 3.25. The monoisotopic (exact) mass is 352 g/mol. The second-order valence-electron chi connectivity index (χ2n) is 6.89. The Morgan fingerprint density at radius 2 is 1.80 bits per heavy atom. The maximum Gasteiger partial charge on any atom is 0.303 e. The van der Waals surface area contributed by atoms with Crippen LogP contribution in [0.5, 0.6) is 0 Å². The van der Waals surface area contributed by atoms with Crippen LogP contribution in [0.2, 0.25) is 0 Å². The molecule has 0 aliphatic heterocycles. The number of carboxylic acid groups (broad SMARTS) is 1. The maximum absolute atomic E-state index is 11.9. The third kappa shape index (κ3) is 8.45. The molecular weight excluding hydrogens is 320 g/mol. The average Bonchev–Trinajstić information content (AvgIpc) is 2.82. The molecule has 0 aromatic carbocycles. The van der Waals surface area contributed by atoms with Crippen LogP contribution in [0.25, 0.3) is 0 Å². The van der Waals surface area contributed by atoms with Crippen molar-refractivity contribution in [2.45, 2.75) is 76.9 Å². The van der Waals surface area contributed by atoms with Crippen LogP contribution < -0.4 is 0 Å². The van der Waals surface area contributed by atoms with Crippen LogP contribution in [-0.2, 0) is 9.59 Å². The van der Waals surface area contributed by atoms with Crippen molar-refractivity contribution in [2.24, 2.45) is 11.8 Å². The van der Waals surface area contributed by atoms with Crippen molar-refractivity contribution in [1.29, 1.82) is 0 Å². The summed E-state index contributed by atoms with van der Waals surface area (Å²) < 4.78 is 0. The summed E-state index contributed by atoms with van der Waals surface area (Å²) in [7, 11) is 0. The van der Waals surface area contributed by atoms with Gasteiger partial charge < -0.3 is 15.3 Å². The normalized spacial score (nSPS) is 26.7. The maximum atomic E-state index is 11.9. The topological polar surface area (TPSA) is 94.8 Å². The van der Waals surface area contributed by atoms with Crippen molar-refractivity contribution in [2.75, 3.05) is 0 Å². The highest BCUT2D eigenvalue weighted by Gasteiger charge is 2.39. The summed E-state index contributed by atoms with van der Waals surface area (Å²) in [6.07, 6.45) is 11.9. The number of ketones is 1. The van der Waals surface area contributed by atoms with Crippen LogP contribution in [-0.4, -0.2) is 39.3 Å². The zero-order valence-electron chi connectivity index (χ0n) is 15.1. The number of carbonyl (C=O) groups excluding carboxylic acids is 1. The highest BCUT2D eigenvalue weighted by Crippen LogP contribution is 2.36. The molecule has 5 heteroatoms. The molecule has 0 aromatic rings. The lowest BCUT2D eigenvalue weighted by atomic mass is 9.89. The van der Waals surface area contributed by atoms with Gasteiger partial charge in [0.15, 0.2) is 5.78 Å². The first-order valence-corrected chi connectivity index (χ1v) is 9.39. The average molecular weight is 352 g/mol. The quantitative estimate of drug-likeness (QED) is 0.285. The molecular formula is C20H32O5. The Bertz CT molecular complexity index is 469. The van der Waals surface area contributed by atoms with E-state index in [1.807, 2.05) is 12.2 Å². The summed E-state index contributed by atoms with van der Waals surface area (Å²) in [5.74, 6) is -1.04. The molecule has 0 amide bonds. The third-order valence-electron chi connectivity index (χ3n) is 4.78. The van der Waals surface area contributed by atoms with Crippen molar-refractivity contribution in [3.8, 4) is 0 Å². The number of rotatable bonds is 12. The molecule has 1 fully saturated rings. The Balaban J connectivity index is 2.48. The number of aliphatic hydroxyl groups is 2. The van der Waals surface area contributed by atoms with E-state index < -0.39 is 18.2 Å². The van der Waals surface area contributed by atoms with Crippen LogP contribution >= 0.6 is 0 Å². The number of allylic oxidation sites excluding steroid dienone is 3. The number of carboxylic acids is 1. The number of hydrogen-bond donors (Lipinski definition) is 3. The summed E-state index contributed by atoms with van der Waals surface area (Å²) in [4.78, 5) is 22.3. The molecule has 142 valence electrons. The predicted molar refractivity (Wildman–Crippen MR) is 97.1 cm³/mol. The van der Waals surface area contributed by atoms with Crippen LogP contribution in [0.15, 0.2) is 24.3 Å². The molecule has 0 aromatic heterocycles. The van der Waals surface area contributed by atoms with Gasteiger partial charge in [-0.2, -0.15) is 0 Å². The largest absolute Gasteiger partial charge is 0.481 e. The van der Waals surface area contributed by atoms with Gasteiger partial charge in [-0.05, 0) is 37.7 Å². The minimum Gasteiger partial charge on any atom is -0.481 e. The van der Waals surface area contributed by atoms with Gasteiger partial charge in [-0.15, -0.1) is 0 Å². The fourth-order valence-corrected chi connectivity index (χ4v) is 3.30. The molecule has 0 spiro atoms. The summed E-state index contributed by atoms with van der Waals surface area (Å²) in [6, 6.07) is 0. The molecule has 5 nitrogen and oxygen atoms in total. The molecule has 1 rings (SSSR count). The van der Waals surface area contributed by atoms with Crippen LogP contribution in [0.1, 0.15) is 64.7 Å². The summed E-state index contributed by atoms with van der Waals surface area (Å²) in [5.41, 5.74) is 0. The van der Waals surface area contributed by atoms with E-state index in [0.717, 1.165) is 19.3 Å². The molecule has 0 radical (unpaired) electrons. The van der Waals surface area contributed by atoms with Crippen molar-refractivity contribution in [3.63, 3.8) is 0 Å². The van der Waals surface area contributed by atoms with E-state index in [0.29, 0.717) is 32.1 Å². The first-order chi connectivity index (χ1) is 12.0. The zero-order valence-corrected chi connectivity index (χ0v) is 15.1. The van der Waals surface area contributed by atoms with E-state index in [9.17, 15) is 19.8 Å². The van der Waals surface area contributed by atoms with Crippen molar-refractivity contribution in [3.05, 3.63) is 24.3 Å². The fourth-order valence-electron chi connectivity index (χ4n) is 3.30. The molecule has 0 heterocycles. The lowest BCUT2D eigenvalue weighted by Gasteiger charge is -2.19. The van der Waals surface area contributed by atoms with Gasteiger partial charge in [-0.3, -0.25) is 9.59 Å². The molecule has 4 atom stereocenters. The first-order valence-electron chi connectivity index (χ1n) is 9.39. The SMILES string of the molecule is CCCCCC(=O)/C=C\[C@@H]1[C@@H](C/C=C\CCCC(=O)O)[C@H](O)C[C@H]1O. The first kappa shape index (κ1) is 21.6. The zero-order chi connectivity index (χ0) is 18.7. The van der Waals surface area contributed by atoms with Crippen molar-refractivity contribution in [1.82, 2.24) is 0 Å². The molecule has 1 aliphatic rings. The van der Waals surface area contributed by atoms with Gasteiger partial charge in [0.2, 0.25) is 0 Å². The highest BCUT2D eigenvalue weighted by molar-refractivity contribution is 5.89. The van der Waals surface area contributed by atoms with Crippen LogP contribution in [0.3, 0.4) is 0 Å².